The van der Waals surface area contributed by atoms with Crippen LogP contribution in [0.2, 0.25) is 0 Å². The maximum atomic E-state index is 12.9. The lowest BCUT2D eigenvalue weighted by molar-refractivity contribution is 0.0664. The van der Waals surface area contributed by atoms with Crippen molar-refractivity contribution in [3.05, 3.63) is 48.0 Å². The molecular formula is C21H22N8O3S. The van der Waals surface area contributed by atoms with Crippen molar-refractivity contribution in [1.29, 1.82) is 0 Å². The molecule has 1 aromatic carbocycles. The second-order valence-corrected chi connectivity index (χ2v) is 9.55. The lowest BCUT2D eigenvalue weighted by Gasteiger charge is -2.32. The molecule has 1 saturated heterocycles. The molecule has 0 unspecified atom stereocenters. The first kappa shape index (κ1) is 21.1. The van der Waals surface area contributed by atoms with E-state index in [2.05, 4.69) is 41.4 Å². The van der Waals surface area contributed by atoms with Gasteiger partial charge in [0.15, 0.2) is 11.5 Å². The van der Waals surface area contributed by atoms with Gasteiger partial charge in [-0.2, -0.15) is 5.10 Å². The number of nitrogens with zero attached hydrogens (tertiary/aromatic N) is 5. The Hall–Kier alpha value is -3.77. The van der Waals surface area contributed by atoms with Gasteiger partial charge in [-0.1, -0.05) is 6.58 Å². The number of rotatable bonds is 5. The fourth-order valence-corrected chi connectivity index (χ4v) is 4.32. The molecular weight excluding hydrogens is 444 g/mol. The summed E-state index contributed by atoms with van der Waals surface area (Å²) in [5, 5.41) is 8.50. The number of piperazine rings is 1. The average Bonchev–Trinajstić information content (AvgIpc) is 3.41. The van der Waals surface area contributed by atoms with E-state index in [1.54, 1.807) is 24.3 Å². The number of hydrogen-bond acceptors (Lipinski definition) is 7. The zero-order chi connectivity index (χ0) is 23.2. The number of carbonyl (C=O) groups excluding carboxylic acids is 1. The summed E-state index contributed by atoms with van der Waals surface area (Å²) in [6.07, 6.45) is 1.38. The third kappa shape index (κ3) is 4.05. The van der Waals surface area contributed by atoms with Crippen molar-refractivity contribution < 1.29 is 13.2 Å². The molecule has 1 aliphatic rings. The maximum absolute atomic E-state index is 12.9. The summed E-state index contributed by atoms with van der Waals surface area (Å²) >= 11 is 0. The van der Waals surface area contributed by atoms with Crippen LogP contribution in [0.4, 0.5) is 5.69 Å². The Morgan fingerprint density at radius 2 is 2.00 bits per heavy atom. The standard InChI is InChI=1S/C21H22N8O3S/c1-3-33(31,32)27-14-11-15-18(25-26-19(15)22-12-14)20-23-16-5-4-13(10-17(16)24-20)21(30)29-8-6-28(2)7-9-29/h3-5,10-12,27H,1,6-9H2,2H3,(H,23,24)(H,22,25,26). The molecule has 170 valence electrons. The molecule has 11 nitrogen and oxygen atoms in total. The number of amides is 1. The number of H-pyrrole nitrogens is 2. The Morgan fingerprint density at radius 3 is 2.76 bits per heavy atom. The maximum Gasteiger partial charge on any atom is 0.254 e. The number of likely N-dealkylation sites (N-methyl/N-ethyl adjacent to an activating group) is 1. The second-order valence-electron chi connectivity index (χ2n) is 7.92. The number of fused-ring (bicyclic) bond motifs is 2. The van der Waals surface area contributed by atoms with Gasteiger partial charge in [-0.05, 0) is 31.3 Å². The highest BCUT2D eigenvalue weighted by Crippen LogP contribution is 2.28. The molecule has 1 fully saturated rings. The Bertz CT molecular complexity index is 1480. The Morgan fingerprint density at radius 1 is 1.21 bits per heavy atom. The number of pyridine rings is 1. The number of aromatic amines is 2. The summed E-state index contributed by atoms with van der Waals surface area (Å²) in [4.78, 5) is 29.0. The van der Waals surface area contributed by atoms with Gasteiger partial charge in [0.2, 0.25) is 0 Å². The fourth-order valence-electron chi connectivity index (χ4n) is 3.80. The molecule has 3 N–H and O–H groups in total. The van der Waals surface area contributed by atoms with Crippen molar-refractivity contribution in [2.24, 2.45) is 0 Å². The number of sulfonamides is 1. The van der Waals surface area contributed by atoms with Crippen LogP contribution in [0.25, 0.3) is 33.6 Å². The molecule has 12 heteroatoms. The predicted molar refractivity (Wildman–Crippen MR) is 125 cm³/mol. The van der Waals surface area contributed by atoms with Gasteiger partial charge < -0.3 is 14.8 Å². The van der Waals surface area contributed by atoms with Crippen molar-refractivity contribution >= 4 is 43.7 Å². The Labute approximate surface area is 189 Å². The van der Waals surface area contributed by atoms with E-state index in [1.165, 1.54) is 6.20 Å². The minimum atomic E-state index is -3.67. The van der Waals surface area contributed by atoms with Crippen molar-refractivity contribution in [2.45, 2.75) is 0 Å². The molecule has 0 bridgehead atoms. The fraction of sp³-hybridized carbons (Fsp3) is 0.238. The van der Waals surface area contributed by atoms with E-state index < -0.39 is 10.0 Å². The largest absolute Gasteiger partial charge is 0.337 e. The van der Waals surface area contributed by atoms with Gasteiger partial charge in [0.25, 0.3) is 15.9 Å². The number of hydrogen-bond donors (Lipinski definition) is 3. The van der Waals surface area contributed by atoms with Gasteiger partial charge in [-0.3, -0.25) is 14.6 Å². The quantitative estimate of drug-likeness (QED) is 0.407. The van der Waals surface area contributed by atoms with E-state index in [0.29, 0.717) is 52.2 Å². The number of benzene rings is 1. The smallest absolute Gasteiger partial charge is 0.254 e. The van der Waals surface area contributed by atoms with Crippen molar-refractivity contribution in [3.8, 4) is 11.5 Å². The zero-order valence-corrected chi connectivity index (χ0v) is 18.7. The van der Waals surface area contributed by atoms with Crippen molar-refractivity contribution in [2.75, 3.05) is 37.9 Å². The first-order valence-corrected chi connectivity index (χ1v) is 11.8. The summed E-state index contributed by atoms with van der Waals surface area (Å²) in [5.41, 5.74) is 3.25. The van der Waals surface area contributed by atoms with Gasteiger partial charge in [-0.25, -0.2) is 18.4 Å². The third-order valence-corrected chi connectivity index (χ3v) is 6.60. The van der Waals surface area contributed by atoms with Gasteiger partial charge in [0, 0.05) is 37.2 Å². The van der Waals surface area contributed by atoms with E-state index in [4.69, 9.17) is 0 Å². The minimum absolute atomic E-state index is 0.00326. The topological polar surface area (TPSA) is 140 Å². The van der Waals surface area contributed by atoms with E-state index in [-0.39, 0.29) is 11.6 Å². The number of imidazole rings is 1. The van der Waals surface area contributed by atoms with E-state index in [9.17, 15) is 13.2 Å². The van der Waals surface area contributed by atoms with E-state index >= 15 is 0 Å². The number of nitrogens with one attached hydrogen (secondary N) is 3. The van der Waals surface area contributed by atoms with Crippen LogP contribution in [0.1, 0.15) is 10.4 Å². The zero-order valence-electron chi connectivity index (χ0n) is 17.9. The highest BCUT2D eigenvalue weighted by atomic mass is 32.2. The van der Waals surface area contributed by atoms with Crippen LogP contribution in [0.5, 0.6) is 0 Å². The molecule has 0 aliphatic carbocycles. The van der Waals surface area contributed by atoms with Crippen LogP contribution >= 0.6 is 0 Å². The molecule has 4 heterocycles. The van der Waals surface area contributed by atoms with Crippen LogP contribution < -0.4 is 4.72 Å². The first-order chi connectivity index (χ1) is 15.8. The van der Waals surface area contributed by atoms with Crippen LogP contribution in [-0.2, 0) is 10.0 Å². The molecule has 1 amide bonds. The van der Waals surface area contributed by atoms with E-state index in [1.807, 2.05) is 11.9 Å². The van der Waals surface area contributed by atoms with Gasteiger partial charge in [0.05, 0.1) is 28.3 Å². The molecule has 33 heavy (non-hydrogen) atoms. The van der Waals surface area contributed by atoms with Crippen LogP contribution in [0, 0.1) is 0 Å². The van der Waals surface area contributed by atoms with Crippen LogP contribution in [0.3, 0.4) is 0 Å². The molecule has 0 atom stereocenters. The lowest BCUT2D eigenvalue weighted by atomic mass is 10.1. The van der Waals surface area contributed by atoms with E-state index in [0.717, 1.165) is 18.5 Å². The second kappa shape index (κ2) is 7.98. The number of aromatic nitrogens is 5. The highest BCUT2D eigenvalue weighted by Gasteiger charge is 2.21. The summed E-state index contributed by atoms with van der Waals surface area (Å²) in [5.74, 6) is 0.499. The van der Waals surface area contributed by atoms with Gasteiger partial charge in [-0.15, -0.1) is 0 Å². The predicted octanol–water partition coefficient (Wildman–Crippen LogP) is 1.77. The van der Waals surface area contributed by atoms with Gasteiger partial charge in [0.1, 0.15) is 5.69 Å². The normalized spacial score (nSPS) is 15.2. The number of anilines is 1. The molecule has 0 saturated carbocycles. The minimum Gasteiger partial charge on any atom is -0.337 e. The summed E-state index contributed by atoms with van der Waals surface area (Å²) in [7, 11) is -1.62. The van der Waals surface area contributed by atoms with Crippen molar-refractivity contribution in [3.63, 3.8) is 0 Å². The SMILES string of the molecule is C=CS(=O)(=O)Nc1cnc2n[nH]c(-c3nc4ccc(C(=O)N5CCN(C)CC5)cc4[nH]3)c2c1. The number of carbonyl (C=O) groups is 1. The molecule has 0 spiro atoms. The molecule has 3 aromatic heterocycles. The Kier molecular flexibility index (Phi) is 5.10. The third-order valence-electron chi connectivity index (χ3n) is 5.65. The summed E-state index contributed by atoms with van der Waals surface area (Å²) < 4.78 is 26.0. The molecule has 0 radical (unpaired) electrons. The average molecular weight is 467 g/mol. The molecule has 1 aliphatic heterocycles. The van der Waals surface area contributed by atoms with Gasteiger partial charge >= 0.3 is 0 Å². The van der Waals surface area contributed by atoms with Crippen LogP contribution in [-0.4, -0.2) is 82.5 Å². The van der Waals surface area contributed by atoms with Crippen LogP contribution in [0.15, 0.2) is 42.4 Å². The van der Waals surface area contributed by atoms with Crippen molar-refractivity contribution in [1.82, 2.24) is 34.9 Å². The monoisotopic (exact) mass is 466 g/mol. The highest BCUT2D eigenvalue weighted by molar-refractivity contribution is 7.95. The Balaban J connectivity index is 1.47. The summed E-state index contributed by atoms with van der Waals surface area (Å²) in [6.45, 7) is 6.40. The molecule has 4 aromatic rings. The summed E-state index contributed by atoms with van der Waals surface area (Å²) in [6, 6.07) is 7.01. The molecule has 5 rings (SSSR count). The lowest BCUT2D eigenvalue weighted by Crippen LogP contribution is -2.47. The first-order valence-electron chi connectivity index (χ1n) is 10.3.